The fourth-order valence-corrected chi connectivity index (χ4v) is 3.56. The molecule has 4 rings (SSSR count). The third-order valence-corrected chi connectivity index (χ3v) is 5.32. The van der Waals surface area contributed by atoms with Gasteiger partial charge in [-0.1, -0.05) is 5.16 Å². The standard InChI is InChI=1S/C17H22N6O3/c1-11(24)22-5-3-12(4-6-22)15-19-16(26-20-15)13-8-23(9-13)17(25)14-7-18-10-21(14)2/h7,10,12-13H,3-6,8-9H2,1-2H3. The number of nitrogens with zero attached hydrogens (tertiary/aromatic N) is 6. The number of amides is 2. The summed E-state index contributed by atoms with van der Waals surface area (Å²) in [7, 11) is 1.80. The van der Waals surface area contributed by atoms with E-state index in [-0.39, 0.29) is 23.7 Å². The van der Waals surface area contributed by atoms with E-state index < -0.39 is 0 Å². The van der Waals surface area contributed by atoms with E-state index >= 15 is 0 Å². The molecule has 0 spiro atoms. The first-order chi connectivity index (χ1) is 12.5. The fraction of sp³-hybridized carbons (Fsp3) is 0.588. The zero-order chi connectivity index (χ0) is 18.3. The lowest BCUT2D eigenvalue weighted by molar-refractivity contribution is -0.129. The number of hydrogen-bond acceptors (Lipinski definition) is 6. The van der Waals surface area contributed by atoms with Gasteiger partial charge in [0.15, 0.2) is 5.82 Å². The highest BCUT2D eigenvalue weighted by Crippen LogP contribution is 2.30. The van der Waals surface area contributed by atoms with Crippen LogP contribution >= 0.6 is 0 Å². The van der Waals surface area contributed by atoms with Crippen molar-refractivity contribution in [2.24, 2.45) is 7.05 Å². The Morgan fingerprint density at radius 1 is 1.15 bits per heavy atom. The molecule has 2 aliphatic rings. The summed E-state index contributed by atoms with van der Waals surface area (Å²) >= 11 is 0. The molecule has 138 valence electrons. The summed E-state index contributed by atoms with van der Waals surface area (Å²) in [5.41, 5.74) is 0.576. The van der Waals surface area contributed by atoms with Crippen LogP contribution in [-0.2, 0) is 11.8 Å². The predicted octanol–water partition coefficient (Wildman–Crippen LogP) is 0.769. The molecule has 0 saturated carbocycles. The topological polar surface area (TPSA) is 97.4 Å². The fourth-order valence-electron chi connectivity index (χ4n) is 3.56. The number of hydrogen-bond donors (Lipinski definition) is 0. The zero-order valence-corrected chi connectivity index (χ0v) is 15.0. The molecule has 0 unspecified atom stereocenters. The van der Waals surface area contributed by atoms with Crippen molar-refractivity contribution in [1.82, 2.24) is 29.5 Å². The lowest BCUT2D eigenvalue weighted by atomic mass is 9.95. The Kier molecular flexibility index (Phi) is 4.21. The molecule has 2 saturated heterocycles. The SMILES string of the molecule is CC(=O)N1CCC(c2noc(C3CN(C(=O)c4cncn4C)C3)n2)CC1. The van der Waals surface area contributed by atoms with Gasteiger partial charge in [0.2, 0.25) is 11.8 Å². The van der Waals surface area contributed by atoms with Gasteiger partial charge >= 0.3 is 0 Å². The van der Waals surface area contributed by atoms with E-state index in [1.165, 1.54) is 0 Å². The molecular weight excluding hydrogens is 336 g/mol. The largest absolute Gasteiger partial charge is 0.343 e. The number of aromatic nitrogens is 4. The van der Waals surface area contributed by atoms with Crippen LogP contribution in [0, 0.1) is 0 Å². The quantitative estimate of drug-likeness (QED) is 0.804. The minimum atomic E-state index is -0.0300. The first-order valence-electron chi connectivity index (χ1n) is 8.87. The summed E-state index contributed by atoms with van der Waals surface area (Å²) < 4.78 is 7.16. The second-order valence-electron chi connectivity index (χ2n) is 7.07. The average Bonchev–Trinajstić information content (AvgIpc) is 3.23. The molecule has 26 heavy (non-hydrogen) atoms. The maximum Gasteiger partial charge on any atom is 0.272 e. The van der Waals surface area contributed by atoms with Gasteiger partial charge < -0.3 is 18.9 Å². The van der Waals surface area contributed by atoms with Crippen LogP contribution in [0.2, 0.25) is 0 Å². The summed E-state index contributed by atoms with van der Waals surface area (Å²) in [4.78, 5) is 36.0. The predicted molar refractivity (Wildman–Crippen MR) is 90.4 cm³/mol. The smallest absolute Gasteiger partial charge is 0.272 e. The van der Waals surface area contributed by atoms with Crippen LogP contribution in [0.1, 0.15) is 53.8 Å². The molecule has 0 aromatic carbocycles. The average molecular weight is 358 g/mol. The summed E-state index contributed by atoms with van der Waals surface area (Å²) in [5.74, 6) is 1.73. The van der Waals surface area contributed by atoms with E-state index in [1.807, 2.05) is 4.90 Å². The van der Waals surface area contributed by atoms with E-state index in [0.29, 0.717) is 24.7 Å². The van der Waals surface area contributed by atoms with Gasteiger partial charge in [-0.3, -0.25) is 9.59 Å². The number of imidazole rings is 1. The molecule has 9 heteroatoms. The van der Waals surface area contributed by atoms with E-state index in [2.05, 4.69) is 15.1 Å². The Hall–Kier alpha value is -2.71. The third-order valence-electron chi connectivity index (χ3n) is 5.32. The summed E-state index contributed by atoms with van der Waals surface area (Å²) in [6.07, 6.45) is 4.91. The van der Waals surface area contributed by atoms with Gasteiger partial charge in [0.25, 0.3) is 5.91 Å². The highest BCUT2D eigenvalue weighted by atomic mass is 16.5. The number of aryl methyl sites for hydroxylation is 1. The first kappa shape index (κ1) is 16.7. The second-order valence-corrected chi connectivity index (χ2v) is 7.07. The number of carbonyl (C=O) groups is 2. The Morgan fingerprint density at radius 3 is 2.50 bits per heavy atom. The van der Waals surface area contributed by atoms with Crippen LogP contribution in [0.4, 0.5) is 0 Å². The summed E-state index contributed by atoms with van der Waals surface area (Å²) in [6.45, 7) is 4.23. The highest BCUT2D eigenvalue weighted by Gasteiger charge is 2.37. The van der Waals surface area contributed by atoms with Gasteiger partial charge in [0, 0.05) is 46.1 Å². The van der Waals surface area contributed by atoms with Crippen molar-refractivity contribution in [3.05, 3.63) is 29.9 Å². The monoisotopic (exact) mass is 358 g/mol. The molecular formula is C17H22N6O3. The number of piperidine rings is 1. The molecule has 2 aliphatic heterocycles. The Morgan fingerprint density at radius 2 is 1.88 bits per heavy atom. The van der Waals surface area contributed by atoms with Crippen LogP contribution in [0.3, 0.4) is 0 Å². The Balaban J connectivity index is 1.33. The molecule has 2 aromatic heterocycles. The van der Waals surface area contributed by atoms with E-state index in [4.69, 9.17) is 4.52 Å². The minimum absolute atomic E-state index is 0.0300. The van der Waals surface area contributed by atoms with Crippen molar-refractivity contribution >= 4 is 11.8 Å². The lowest BCUT2D eigenvalue weighted by Gasteiger charge is -2.36. The van der Waals surface area contributed by atoms with Crippen LogP contribution in [-0.4, -0.2) is 67.5 Å². The molecule has 0 atom stereocenters. The van der Waals surface area contributed by atoms with Crippen molar-refractivity contribution < 1.29 is 14.1 Å². The number of likely N-dealkylation sites (tertiary alicyclic amines) is 2. The van der Waals surface area contributed by atoms with Gasteiger partial charge in [-0.15, -0.1) is 0 Å². The zero-order valence-electron chi connectivity index (χ0n) is 15.0. The Bertz CT molecular complexity index is 814. The van der Waals surface area contributed by atoms with E-state index in [9.17, 15) is 9.59 Å². The molecule has 0 bridgehead atoms. The number of rotatable bonds is 3. The summed E-state index contributed by atoms with van der Waals surface area (Å²) in [6, 6.07) is 0. The van der Waals surface area contributed by atoms with Crippen LogP contribution in [0.25, 0.3) is 0 Å². The normalized spacial score (nSPS) is 18.8. The van der Waals surface area contributed by atoms with Crippen LogP contribution in [0.5, 0.6) is 0 Å². The van der Waals surface area contributed by atoms with Crippen molar-refractivity contribution in [2.75, 3.05) is 26.2 Å². The lowest BCUT2D eigenvalue weighted by Crippen LogP contribution is -2.49. The van der Waals surface area contributed by atoms with Crippen molar-refractivity contribution in [1.29, 1.82) is 0 Å². The first-order valence-corrected chi connectivity index (χ1v) is 8.87. The van der Waals surface area contributed by atoms with Gasteiger partial charge in [0.05, 0.1) is 18.4 Å². The van der Waals surface area contributed by atoms with E-state index in [0.717, 1.165) is 31.8 Å². The molecule has 0 N–H and O–H groups in total. The maximum absolute atomic E-state index is 12.4. The Labute approximate surface area is 151 Å². The number of carbonyl (C=O) groups excluding carboxylic acids is 2. The molecule has 9 nitrogen and oxygen atoms in total. The minimum Gasteiger partial charge on any atom is -0.343 e. The highest BCUT2D eigenvalue weighted by molar-refractivity contribution is 5.93. The van der Waals surface area contributed by atoms with Crippen molar-refractivity contribution in [3.63, 3.8) is 0 Å². The molecule has 2 aromatic rings. The van der Waals surface area contributed by atoms with Gasteiger partial charge in [-0.05, 0) is 12.8 Å². The van der Waals surface area contributed by atoms with Crippen molar-refractivity contribution in [3.8, 4) is 0 Å². The molecule has 2 fully saturated rings. The van der Waals surface area contributed by atoms with Crippen LogP contribution in [0.15, 0.2) is 17.0 Å². The van der Waals surface area contributed by atoms with Crippen molar-refractivity contribution in [2.45, 2.75) is 31.6 Å². The third kappa shape index (κ3) is 2.97. The van der Waals surface area contributed by atoms with Gasteiger partial charge in [-0.25, -0.2) is 4.98 Å². The summed E-state index contributed by atoms with van der Waals surface area (Å²) in [5, 5.41) is 4.14. The molecule has 4 heterocycles. The van der Waals surface area contributed by atoms with Crippen LogP contribution < -0.4 is 0 Å². The van der Waals surface area contributed by atoms with Gasteiger partial charge in [0.1, 0.15) is 5.69 Å². The maximum atomic E-state index is 12.4. The van der Waals surface area contributed by atoms with Gasteiger partial charge in [-0.2, -0.15) is 4.98 Å². The molecule has 2 amide bonds. The second kappa shape index (κ2) is 6.54. The molecule has 0 aliphatic carbocycles. The molecule has 0 radical (unpaired) electrons. The van der Waals surface area contributed by atoms with E-state index in [1.54, 1.807) is 36.0 Å².